The topological polar surface area (TPSA) is 44.1 Å². The van der Waals surface area contributed by atoms with Gasteiger partial charge in [-0.15, -0.1) is 0 Å². The second kappa shape index (κ2) is 5.36. The summed E-state index contributed by atoms with van der Waals surface area (Å²) in [5.74, 6) is -0.211. The number of fused-ring (bicyclic) bond motifs is 1. The van der Waals surface area contributed by atoms with Gasteiger partial charge in [-0.25, -0.2) is 4.39 Å². The summed E-state index contributed by atoms with van der Waals surface area (Å²) in [6, 6.07) is 12.0. The van der Waals surface area contributed by atoms with Gasteiger partial charge in [0, 0.05) is 5.39 Å². The minimum Gasteiger partial charge on any atom is -0.494 e. The van der Waals surface area contributed by atoms with E-state index in [4.69, 9.17) is 4.74 Å². The van der Waals surface area contributed by atoms with Gasteiger partial charge in [0.05, 0.1) is 25.4 Å². The molecule has 106 valence electrons. The van der Waals surface area contributed by atoms with Crippen molar-refractivity contribution in [1.82, 2.24) is 9.78 Å². The molecule has 0 amide bonds. The summed E-state index contributed by atoms with van der Waals surface area (Å²) in [6.07, 6.45) is 1.28. The summed E-state index contributed by atoms with van der Waals surface area (Å²) in [6.45, 7) is 0.377. The summed E-state index contributed by atoms with van der Waals surface area (Å²) in [5.41, 5.74) is 1.35. The molecule has 3 aromatic rings. The molecule has 0 aliphatic rings. The van der Waals surface area contributed by atoms with Crippen molar-refractivity contribution >= 4 is 10.9 Å². The van der Waals surface area contributed by atoms with Gasteiger partial charge in [-0.1, -0.05) is 18.2 Å². The molecule has 21 heavy (non-hydrogen) atoms. The fourth-order valence-electron chi connectivity index (χ4n) is 2.27. The van der Waals surface area contributed by atoms with E-state index >= 15 is 0 Å². The van der Waals surface area contributed by atoms with E-state index in [-0.39, 0.29) is 11.2 Å². The lowest BCUT2D eigenvalue weighted by Crippen LogP contribution is -2.13. The number of hydrogen-bond donors (Lipinski definition) is 0. The fourth-order valence-corrected chi connectivity index (χ4v) is 2.27. The predicted octanol–water partition coefficient (Wildman–Crippen LogP) is 2.59. The summed E-state index contributed by atoms with van der Waals surface area (Å²) in [7, 11) is 1.43. The van der Waals surface area contributed by atoms with Crippen LogP contribution in [0.3, 0.4) is 0 Å². The first-order valence-corrected chi connectivity index (χ1v) is 6.46. The lowest BCUT2D eigenvalue weighted by atomic mass is 10.2. The predicted molar refractivity (Wildman–Crippen MR) is 78.1 cm³/mol. The van der Waals surface area contributed by atoms with Crippen LogP contribution in [0.4, 0.5) is 4.39 Å². The van der Waals surface area contributed by atoms with Crippen molar-refractivity contribution in [1.29, 1.82) is 0 Å². The van der Waals surface area contributed by atoms with Gasteiger partial charge < -0.3 is 4.74 Å². The smallest absolute Gasteiger partial charge is 0.207 e. The lowest BCUT2D eigenvalue weighted by Gasteiger charge is -2.10. The summed E-state index contributed by atoms with van der Waals surface area (Å²) < 4.78 is 20.3. The molecule has 1 heterocycles. The molecular weight excluding hydrogens is 271 g/mol. The van der Waals surface area contributed by atoms with E-state index in [0.717, 1.165) is 11.1 Å². The minimum atomic E-state index is -0.416. The van der Waals surface area contributed by atoms with Gasteiger partial charge in [-0.2, -0.15) is 5.10 Å². The standard InChI is InChI=1S/C16H13FN2O2/c1-21-16-7-6-11(8-13(16)17)10-19-14-5-3-2-4-12(14)15(20)9-18-19/h2-9H,10H2,1H3. The highest BCUT2D eigenvalue weighted by Crippen LogP contribution is 2.19. The van der Waals surface area contributed by atoms with Crippen LogP contribution in [0.5, 0.6) is 5.75 Å². The van der Waals surface area contributed by atoms with Gasteiger partial charge in [0.25, 0.3) is 0 Å². The van der Waals surface area contributed by atoms with Crippen LogP contribution in [0.1, 0.15) is 5.56 Å². The number of halogens is 1. The van der Waals surface area contributed by atoms with Gasteiger partial charge in [-0.05, 0) is 29.8 Å². The Morgan fingerprint density at radius 1 is 1.24 bits per heavy atom. The highest BCUT2D eigenvalue weighted by atomic mass is 19.1. The minimum absolute atomic E-state index is 0.122. The third kappa shape index (κ3) is 2.50. The molecule has 0 N–H and O–H groups in total. The summed E-state index contributed by atoms with van der Waals surface area (Å²) in [5, 5.41) is 4.72. The van der Waals surface area contributed by atoms with E-state index < -0.39 is 5.82 Å². The maximum atomic E-state index is 13.7. The van der Waals surface area contributed by atoms with Gasteiger partial charge in [-0.3, -0.25) is 9.48 Å². The Morgan fingerprint density at radius 2 is 2.05 bits per heavy atom. The number of benzene rings is 2. The SMILES string of the molecule is COc1ccc(Cn2ncc(=O)c3ccccc32)cc1F. The van der Waals surface area contributed by atoms with Crippen molar-refractivity contribution in [3.05, 3.63) is 70.3 Å². The second-order valence-electron chi connectivity index (χ2n) is 4.65. The molecule has 0 saturated carbocycles. The maximum absolute atomic E-state index is 13.7. The number of ether oxygens (including phenoxy) is 1. The van der Waals surface area contributed by atoms with Crippen LogP contribution in [0.25, 0.3) is 10.9 Å². The van der Waals surface area contributed by atoms with Crippen molar-refractivity contribution in [3.8, 4) is 5.75 Å². The largest absolute Gasteiger partial charge is 0.494 e. The molecule has 3 rings (SSSR count). The van der Waals surface area contributed by atoms with Crippen molar-refractivity contribution < 1.29 is 9.13 Å². The van der Waals surface area contributed by atoms with Crippen LogP contribution in [0.2, 0.25) is 0 Å². The third-order valence-electron chi connectivity index (χ3n) is 3.31. The number of rotatable bonds is 3. The first-order chi connectivity index (χ1) is 10.2. The van der Waals surface area contributed by atoms with Gasteiger partial charge in [0.1, 0.15) is 0 Å². The average molecular weight is 284 g/mol. The van der Waals surface area contributed by atoms with Crippen LogP contribution < -0.4 is 10.2 Å². The van der Waals surface area contributed by atoms with E-state index in [0.29, 0.717) is 11.9 Å². The molecule has 0 saturated heterocycles. The zero-order valence-corrected chi connectivity index (χ0v) is 11.4. The molecule has 0 bridgehead atoms. The molecule has 1 aromatic heterocycles. The molecule has 2 aromatic carbocycles. The number of hydrogen-bond acceptors (Lipinski definition) is 3. The summed E-state index contributed by atoms with van der Waals surface area (Å²) in [4.78, 5) is 11.8. The van der Waals surface area contributed by atoms with Crippen molar-refractivity contribution in [2.45, 2.75) is 6.54 Å². The van der Waals surface area contributed by atoms with Crippen molar-refractivity contribution in [3.63, 3.8) is 0 Å². The molecule has 4 nitrogen and oxygen atoms in total. The van der Waals surface area contributed by atoms with Crippen molar-refractivity contribution in [2.75, 3.05) is 7.11 Å². The van der Waals surface area contributed by atoms with Gasteiger partial charge >= 0.3 is 0 Å². The Bertz CT molecular complexity index is 858. The van der Waals surface area contributed by atoms with Crippen LogP contribution in [-0.4, -0.2) is 16.9 Å². The summed E-state index contributed by atoms with van der Waals surface area (Å²) >= 11 is 0. The van der Waals surface area contributed by atoms with E-state index in [1.807, 2.05) is 12.1 Å². The van der Waals surface area contributed by atoms with Crippen LogP contribution in [0.15, 0.2) is 53.5 Å². The molecule has 0 aliphatic heterocycles. The molecule has 0 aliphatic carbocycles. The molecule has 5 heteroatoms. The highest BCUT2D eigenvalue weighted by Gasteiger charge is 2.07. The number of aromatic nitrogens is 2. The Morgan fingerprint density at radius 3 is 2.81 bits per heavy atom. The average Bonchev–Trinajstić information content (AvgIpc) is 2.51. The zero-order valence-electron chi connectivity index (χ0n) is 11.4. The Hall–Kier alpha value is -2.69. The normalized spacial score (nSPS) is 10.8. The zero-order chi connectivity index (χ0) is 14.8. The molecule has 0 atom stereocenters. The van der Waals surface area contributed by atoms with Gasteiger partial charge in [0.2, 0.25) is 5.43 Å². The number of methoxy groups -OCH3 is 1. The Kier molecular flexibility index (Phi) is 3.39. The third-order valence-corrected chi connectivity index (χ3v) is 3.31. The first-order valence-electron chi connectivity index (χ1n) is 6.46. The van der Waals surface area contributed by atoms with E-state index in [2.05, 4.69) is 5.10 Å². The quantitative estimate of drug-likeness (QED) is 0.742. The molecular formula is C16H13FN2O2. The fraction of sp³-hybridized carbons (Fsp3) is 0.125. The Labute approximate surface area is 120 Å². The lowest BCUT2D eigenvalue weighted by molar-refractivity contribution is 0.386. The Balaban J connectivity index is 2.04. The highest BCUT2D eigenvalue weighted by molar-refractivity contribution is 5.77. The van der Waals surface area contributed by atoms with Crippen molar-refractivity contribution in [2.24, 2.45) is 0 Å². The van der Waals surface area contributed by atoms with Crippen LogP contribution >= 0.6 is 0 Å². The monoisotopic (exact) mass is 284 g/mol. The molecule has 0 radical (unpaired) electrons. The van der Waals surface area contributed by atoms with Crippen LogP contribution in [-0.2, 0) is 6.54 Å². The molecule has 0 fully saturated rings. The number of nitrogens with zero attached hydrogens (tertiary/aromatic N) is 2. The molecule has 0 unspecified atom stereocenters. The van der Waals surface area contributed by atoms with E-state index in [1.165, 1.54) is 19.4 Å². The van der Waals surface area contributed by atoms with E-state index in [1.54, 1.807) is 28.9 Å². The van der Waals surface area contributed by atoms with Gasteiger partial charge in [0.15, 0.2) is 11.6 Å². The van der Waals surface area contributed by atoms with Crippen LogP contribution in [0, 0.1) is 5.82 Å². The first kappa shape index (κ1) is 13.3. The van der Waals surface area contributed by atoms with E-state index in [9.17, 15) is 9.18 Å². The maximum Gasteiger partial charge on any atom is 0.207 e. The molecule has 0 spiro atoms. The number of para-hydroxylation sites is 1. The second-order valence-corrected chi connectivity index (χ2v) is 4.65.